The predicted molar refractivity (Wildman–Crippen MR) is 90.0 cm³/mol. The van der Waals surface area contributed by atoms with Gasteiger partial charge >= 0.3 is 0 Å². The molecule has 0 amide bonds. The first kappa shape index (κ1) is 17.9. The number of nitro benzene ring substituents is 1. The summed E-state index contributed by atoms with van der Waals surface area (Å²) >= 11 is 0. The molecule has 122 valence electrons. The Labute approximate surface area is 132 Å². The fraction of sp³-hybridized carbons (Fsp3) is 0.562. The van der Waals surface area contributed by atoms with E-state index in [1.54, 1.807) is 12.1 Å². The number of non-ortho nitro benzene ring substituents is 1. The first-order valence-electron chi connectivity index (χ1n) is 7.53. The maximum absolute atomic E-state index is 10.6. The van der Waals surface area contributed by atoms with Crippen LogP contribution < -0.4 is 10.6 Å². The summed E-state index contributed by atoms with van der Waals surface area (Å²) in [7, 11) is 0. The summed E-state index contributed by atoms with van der Waals surface area (Å²) in [6, 6.07) is 6.80. The molecule has 1 atom stereocenters. The van der Waals surface area contributed by atoms with Gasteiger partial charge in [0.05, 0.1) is 11.5 Å². The second-order valence-electron chi connectivity index (χ2n) is 6.42. The van der Waals surface area contributed by atoms with Crippen molar-refractivity contribution in [1.82, 2.24) is 10.6 Å². The number of rotatable bonds is 5. The smallest absolute Gasteiger partial charge is 0.269 e. The summed E-state index contributed by atoms with van der Waals surface area (Å²) in [6.07, 6.45) is 1.00. The summed E-state index contributed by atoms with van der Waals surface area (Å²) in [5, 5.41) is 17.4. The summed E-state index contributed by atoms with van der Waals surface area (Å²) in [4.78, 5) is 14.8. The Hall–Kier alpha value is -2.11. The molecule has 0 saturated heterocycles. The van der Waals surface area contributed by atoms with E-state index in [0.29, 0.717) is 12.6 Å². The molecule has 0 heterocycles. The van der Waals surface area contributed by atoms with Crippen molar-refractivity contribution in [3.05, 3.63) is 39.9 Å². The molecular formula is C16H26N4O2. The van der Waals surface area contributed by atoms with Crippen LogP contribution in [0.15, 0.2) is 29.3 Å². The van der Waals surface area contributed by atoms with Crippen LogP contribution in [-0.2, 0) is 6.54 Å². The molecule has 0 aliphatic rings. The Bertz CT molecular complexity index is 518. The van der Waals surface area contributed by atoms with Crippen molar-refractivity contribution >= 4 is 11.6 Å². The van der Waals surface area contributed by atoms with Gasteiger partial charge in [0, 0.05) is 23.7 Å². The quantitative estimate of drug-likeness (QED) is 0.379. The second-order valence-corrected chi connectivity index (χ2v) is 6.42. The summed E-state index contributed by atoms with van der Waals surface area (Å²) in [5.74, 6) is 0.750. The molecule has 22 heavy (non-hydrogen) atoms. The van der Waals surface area contributed by atoms with Crippen molar-refractivity contribution in [2.24, 2.45) is 4.99 Å². The van der Waals surface area contributed by atoms with Crippen molar-refractivity contribution in [2.75, 3.05) is 0 Å². The Kier molecular flexibility index (Phi) is 6.34. The first-order valence-corrected chi connectivity index (χ1v) is 7.53. The molecule has 0 aliphatic heterocycles. The molecule has 6 nitrogen and oxygen atoms in total. The Balaban J connectivity index is 2.80. The standard InChI is InChI=1S/C16H26N4O2/c1-6-12(2)18-15(19-16(3,4)5)17-11-13-7-9-14(10-8-13)20(21)22/h7-10,12H,6,11H2,1-5H3,(H2,17,18,19). The third kappa shape index (κ3) is 6.56. The number of guanidine groups is 1. The lowest BCUT2D eigenvalue weighted by molar-refractivity contribution is -0.384. The van der Waals surface area contributed by atoms with Crippen LogP contribution in [0.3, 0.4) is 0 Å². The summed E-state index contributed by atoms with van der Waals surface area (Å²) in [6.45, 7) is 10.9. The molecule has 0 saturated carbocycles. The van der Waals surface area contributed by atoms with E-state index in [2.05, 4.69) is 50.2 Å². The van der Waals surface area contributed by atoms with Crippen LogP contribution in [0.1, 0.15) is 46.6 Å². The Morgan fingerprint density at radius 3 is 2.36 bits per heavy atom. The number of nitrogens with zero attached hydrogens (tertiary/aromatic N) is 2. The zero-order chi connectivity index (χ0) is 16.8. The van der Waals surface area contributed by atoms with Crippen molar-refractivity contribution in [3.63, 3.8) is 0 Å². The Morgan fingerprint density at radius 2 is 1.91 bits per heavy atom. The van der Waals surface area contributed by atoms with E-state index in [1.807, 2.05) is 0 Å². The summed E-state index contributed by atoms with van der Waals surface area (Å²) in [5.41, 5.74) is 0.942. The molecule has 0 fully saturated rings. The van der Waals surface area contributed by atoms with E-state index < -0.39 is 4.92 Å². The molecule has 6 heteroatoms. The highest BCUT2D eigenvalue weighted by molar-refractivity contribution is 5.80. The molecular weight excluding hydrogens is 280 g/mol. The molecule has 1 rings (SSSR count). The summed E-state index contributed by atoms with van der Waals surface area (Å²) < 4.78 is 0. The van der Waals surface area contributed by atoms with E-state index in [4.69, 9.17) is 0 Å². The van der Waals surface area contributed by atoms with Crippen LogP contribution in [0.25, 0.3) is 0 Å². The van der Waals surface area contributed by atoms with E-state index in [9.17, 15) is 10.1 Å². The molecule has 0 aromatic heterocycles. The van der Waals surface area contributed by atoms with Crippen molar-refractivity contribution in [1.29, 1.82) is 0 Å². The van der Waals surface area contributed by atoms with Crippen LogP contribution in [0.4, 0.5) is 5.69 Å². The minimum Gasteiger partial charge on any atom is -0.354 e. The van der Waals surface area contributed by atoms with E-state index >= 15 is 0 Å². The highest BCUT2D eigenvalue weighted by atomic mass is 16.6. The van der Waals surface area contributed by atoms with Gasteiger partial charge in [-0.3, -0.25) is 10.1 Å². The van der Waals surface area contributed by atoms with Crippen LogP contribution in [0, 0.1) is 10.1 Å². The lowest BCUT2D eigenvalue weighted by Gasteiger charge is -2.26. The first-order chi connectivity index (χ1) is 10.2. The van der Waals surface area contributed by atoms with Crippen LogP contribution >= 0.6 is 0 Å². The topological polar surface area (TPSA) is 79.6 Å². The highest BCUT2D eigenvalue weighted by Crippen LogP contribution is 2.12. The van der Waals surface area contributed by atoms with E-state index in [0.717, 1.165) is 17.9 Å². The van der Waals surface area contributed by atoms with Gasteiger partial charge in [-0.05, 0) is 39.7 Å². The maximum Gasteiger partial charge on any atom is 0.269 e. The minimum atomic E-state index is -0.399. The van der Waals surface area contributed by atoms with E-state index in [1.165, 1.54) is 12.1 Å². The maximum atomic E-state index is 10.6. The zero-order valence-electron chi connectivity index (χ0n) is 14.0. The van der Waals surface area contributed by atoms with Gasteiger partial charge in [-0.1, -0.05) is 19.1 Å². The molecule has 0 aliphatic carbocycles. The zero-order valence-corrected chi connectivity index (χ0v) is 14.0. The number of nitrogens with one attached hydrogen (secondary N) is 2. The van der Waals surface area contributed by atoms with Gasteiger partial charge < -0.3 is 10.6 Å². The number of nitro groups is 1. The minimum absolute atomic E-state index is 0.0885. The molecule has 0 bridgehead atoms. The highest BCUT2D eigenvalue weighted by Gasteiger charge is 2.13. The number of benzene rings is 1. The molecule has 1 unspecified atom stereocenters. The van der Waals surface area contributed by atoms with Gasteiger partial charge in [0.1, 0.15) is 0 Å². The number of aliphatic imine (C=N–C) groups is 1. The normalized spacial score (nSPS) is 13.6. The van der Waals surface area contributed by atoms with Gasteiger partial charge in [0.25, 0.3) is 5.69 Å². The third-order valence-electron chi connectivity index (χ3n) is 3.06. The van der Waals surface area contributed by atoms with Crippen molar-refractivity contribution in [2.45, 2.75) is 59.2 Å². The third-order valence-corrected chi connectivity index (χ3v) is 3.06. The van der Waals surface area contributed by atoms with Gasteiger partial charge in [-0.15, -0.1) is 0 Å². The largest absolute Gasteiger partial charge is 0.354 e. The molecule has 2 N–H and O–H groups in total. The number of hydrogen-bond acceptors (Lipinski definition) is 3. The monoisotopic (exact) mass is 306 g/mol. The molecule has 1 aromatic rings. The predicted octanol–water partition coefficient (Wildman–Crippen LogP) is 3.23. The van der Waals surface area contributed by atoms with E-state index in [-0.39, 0.29) is 11.2 Å². The second kappa shape index (κ2) is 7.77. The lowest BCUT2D eigenvalue weighted by atomic mass is 10.1. The van der Waals surface area contributed by atoms with Gasteiger partial charge in [0.15, 0.2) is 5.96 Å². The average Bonchev–Trinajstić information content (AvgIpc) is 2.43. The average molecular weight is 306 g/mol. The van der Waals surface area contributed by atoms with Gasteiger partial charge in [0.2, 0.25) is 0 Å². The molecule has 1 aromatic carbocycles. The molecule has 0 radical (unpaired) electrons. The SMILES string of the molecule is CCC(C)NC(=NCc1ccc([N+](=O)[O-])cc1)NC(C)(C)C. The van der Waals surface area contributed by atoms with Crippen molar-refractivity contribution in [3.8, 4) is 0 Å². The fourth-order valence-corrected chi connectivity index (χ4v) is 1.71. The van der Waals surface area contributed by atoms with Gasteiger partial charge in [-0.25, -0.2) is 4.99 Å². The lowest BCUT2D eigenvalue weighted by Crippen LogP contribution is -2.50. The van der Waals surface area contributed by atoms with Crippen molar-refractivity contribution < 1.29 is 4.92 Å². The fourth-order valence-electron chi connectivity index (χ4n) is 1.71. The number of hydrogen-bond donors (Lipinski definition) is 2. The van der Waals surface area contributed by atoms with Gasteiger partial charge in [-0.2, -0.15) is 0 Å². The van der Waals surface area contributed by atoms with Crippen LogP contribution in [0.5, 0.6) is 0 Å². The Morgan fingerprint density at radius 1 is 1.32 bits per heavy atom. The molecule has 0 spiro atoms. The van der Waals surface area contributed by atoms with Crippen LogP contribution in [0.2, 0.25) is 0 Å². The van der Waals surface area contributed by atoms with Crippen LogP contribution in [-0.4, -0.2) is 22.5 Å².